The van der Waals surface area contributed by atoms with Gasteiger partial charge in [0, 0.05) is 49.5 Å². The molecule has 8 nitrogen and oxygen atoms in total. The summed E-state index contributed by atoms with van der Waals surface area (Å²) in [4.78, 5) is 31.5. The van der Waals surface area contributed by atoms with E-state index in [9.17, 15) is 4.79 Å². The van der Waals surface area contributed by atoms with E-state index in [4.69, 9.17) is 4.98 Å². The van der Waals surface area contributed by atoms with Crippen LogP contribution >= 0.6 is 11.3 Å². The second kappa shape index (κ2) is 8.21. The minimum Gasteiger partial charge on any atom is -0.354 e. The molecule has 152 valence electrons. The average Bonchev–Trinajstić information content (AvgIpc) is 3.45. The second-order valence-corrected chi connectivity index (χ2v) is 8.00. The number of fused-ring (bicyclic) bond motifs is 1. The highest BCUT2D eigenvalue weighted by Crippen LogP contribution is 2.24. The quantitative estimate of drug-likeness (QED) is 0.460. The van der Waals surface area contributed by atoms with E-state index in [0.717, 1.165) is 60.0 Å². The molecule has 4 aromatic rings. The molecule has 1 aliphatic rings. The van der Waals surface area contributed by atoms with Crippen LogP contribution in [0.5, 0.6) is 0 Å². The van der Waals surface area contributed by atoms with Gasteiger partial charge in [0.15, 0.2) is 5.13 Å². The fraction of sp³-hybridized carbons (Fsp3) is 0.238. The van der Waals surface area contributed by atoms with E-state index in [0.29, 0.717) is 5.13 Å². The average molecular weight is 420 g/mol. The molecule has 0 atom stereocenters. The number of H-pyrrole nitrogens is 1. The van der Waals surface area contributed by atoms with Gasteiger partial charge in [0.05, 0.1) is 17.5 Å². The summed E-state index contributed by atoms with van der Waals surface area (Å²) in [5.74, 6) is 1.62. The lowest BCUT2D eigenvalue weighted by Gasteiger charge is -2.28. The summed E-state index contributed by atoms with van der Waals surface area (Å²) in [5.41, 5.74) is 3.49. The number of nitrogens with one attached hydrogen (secondary N) is 3. The first-order valence-corrected chi connectivity index (χ1v) is 10.7. The van der Waals surface area contributed by atoms with Crippen LogP contribution in [0, 0.1) is 0 Å². The first kappa shape index (κ1) is 18.7. The number of pyridine rings is 1. The van der Waals surface area contributed by atoms with Crippen molar-refractivity contribution in [3.63, 3.8) is 0 Å². The van der Waals surface area contributed by atoms with Crippen molar-refractivity contribution in [3.8, 4) is 11.4 Å². The van der Waals surface area contributed by atoms with E-state index in [1.165, 1.54) is 11.3 Å². The molecule has 1 aliphatic heterocycles. The van der Waals surface area contributed by atoms with E-state index in [2.05, 4.69) is 30.5 Å². The van der Waals surface area contributed by atoms with Crippen LogP contribution in [0.2, 0.25) is 0 Å². The Hall–Kier alpha value is -3.30. The maximum absolute atomic E-state index is 12.4. The van der Waals surface area contributed by atoms with E-state index in [1.807, 2.05) is 41.9 Å². The first-order chi connectivity index (χ1) is 14.8. The molecular weight excluding hydrogens is 398 g/mol. The number of hydrogen-bond acceptors (Lipinski definition) is 7. The highest BCUT2D eigenvalue weighted by molar-refractivity contribution is 7.13. The molecule has 1 aromatic carbocycles. The van der Waals surface area contributed by atoms with E-state index < -0.39 is 0 Å². The molecule has 0 spiro atoms. The Bertz CT molecular complexity index is 1150. The molecule has 0 radical (unpaired) electrons. The van der Waals surface area contributed by atoms with Crippen LogP contribution < -0.4 is 15.5 Å². The van der Waals surface area contributed by atoms with Crippen LogP contribution in [-0.4, -0.2) is 52.0 Å². The third-order valence-corrected chi connectivity index (χ3v) is 5.78. The van der Waals surface area contributed by atoms with Crippen LogP contribution in [0.15, 0.2) is 48.1 Å². The SMILES string of the molecule is O=C(Cc1cccc2[nH]c(-c3ccc(N4CCNCC4)nc3)nc12)Nc1nccs1. The number of imidazole rings is 1. The molecule has 30 heavy (non-hydrogen) atoms. The number of thiazole rings is 1. The largest absolute Gasteiger partial charge is 0.354 e. The molecule has 0 saturated carbocycles. The standard InChI is InChI=1S/C21H21N7OS/c29-18(26-21-23-8-11-30-21)12-14-2-1-3-16-19(14)27-20(25-16)15-4-5-17(24-13-15)28-9-6-22-7-10-28/h1-5,8,11,13,22H,6-7,9-10,12H2,(H,25,27)(H,23,26,29). The molecule has 3 N–H and O–H groups in total. The second-order valence-electron chi connectivity index (χ2n) is 7.10. The number of para-hydroxylation sites is 1. The van der Waals surface area contributed by atoms with Crippen molar-refractivity contribution in [2.24, 2.45) is 0 Å². The highest BCUT2D eigenvalue weighted by Gasteiger charge is 2.15. The summed E-state index contributed by atoms with van der Waals surface area (Å²) in [7, 11) is 0. The number of rotatable bonds is 5. The van der Waals surface area contributed by atoms with Crippen molar-refractivity contribution in [2.45, 2.75) is 6.42 Å². The van der Waals surface area contributed by atoms with Gasteiger partial charge in [-0.05, 0) is 23.8 Å². The maximum Gasteiger partial charge on any atom is 0.230 e. The van der Waals surface area contributed by atoms with Gasteiger partial charge in [0.2, 0.25) is 5.91 Å². The summed E-state index contributed by atoms with van der Waals surface area (Å²) in [5, 5.41) is 8.61. The topological polar surface area (TPSA) is 98.8 Å². The van der Waals surface area contributed by atoms with Gasteiger partial charge in [-0.2, -0.15) is 0 Å². The monoisotopic (exact) mass is 419 g/mol. The lowest BCUT2D eigenvalue weighted by atomic mass is 10.1. The molecular formula is C21H21N7OS. The van der Waals surface area contributed by atoms with Crippen LogP contribution in [0.25, 0.3) is 22.4 Å². The zero-order valence-corrected chi connectivity index (χ0v) is 17.1. The normalized spacial score (nSPS) is 14.2. The zero-order chi connectivity index (χ0) is 20.3. The molecule has 0 unspecified atom stereocenters. The molecule has 9 heteroatoms. The number of nitrogens with zero attached hydrogens (tertiary/aromatic N) is 4. The Morgan fingerprint density at radius 2 is 2.07 bits per heavy atom. The van der Waals surface area contributed by atoms with Crippen LogP contribution in [-0.2, 0) is 11.2 Å². The molecule has 3 aromatic heterocycles. The van der Waals surface area contributed by atoms with Crippen LogP contribution in [0.3, 0.4) is 0 Å². The number of carbonyl (C=O) groups excluding carboxylic acids is 1. The van der Waals surface area contributed by atoms with Crippen molar-refractivity contribution in [1.82, 2.24) is 25.3 Å². The Kier molecular flexibility index (Phi) is 5.12. The number of benzene rings is 1. The maximum atomic E-state index is 12.4. The molecule has 4 heterocycles. The van der Waals surface area contributed by atoms with E-state index in [-0.39, 0.29) is 12.3 Å². The third-order valence-electron chi connectivity index (χ3n) is 5.09. The van der Waals surface area contributed by atoms with Gasteiger partial charge in [-0.15, -0.1) is 11.3 Å². The number of piperazine rings is 1. The molecule has 0 aliphatic carbocycles. The van der Waals surface area contributed by atoms with Crippen molar-refractivity contribution < 1.29 is 4.79 Å². The molecule has 1 amide bonds. The highest BCUT2D eigenvalue weighted by atomic mass is 32.1. The van der Waals surface area contributed by atoms with Crippen molar-refractivity contribution in [2.75, 3.05) is 36.4 Å². The van der Waals surface area contributed by atoms with Gasteiger partial charge < -0.3 is 20.5 Å². The van der Waals surface area contributed by atoms with E-state index >= 15 is 0 Å². The van der Waals surface area contributed by atoms with Gasteiger partial charge in [-0.25, -0.2) is 15.0 Å². The van der Waals surface area contributed by atoms with Gasteiger partial charge in [-0.1, -0.05) is 12.1 Å². The Morgan fingerprint density at radius 3 is 2.83 bits per heavy atom. The van der Waals surface area contributed by atoms with Gasteiger partial charge in [0.25, 0.3) is 0 Å². The van der Waals surface area contributed by atoms with Gasteiger partial charge in [0.1, 0.15) is 11.6 Å². The Balaban J connectivity index is 1.37. The molecule has 5 rings (SSSR count). The van der Waals surface area contributed by atoms with Crippen LogP contribution in [0.4, 0.5) is 10.9 Å². The predicted molar refractivity (Wildman–Crippen MR) is 119 cm³/mol. The predicted octanol–water partition coefficient (Wildman–Crippen LogP) is 2.67. The summed E-state index contributed by atoms with van der Waals surface area (Å²) >= 11 is 1.40. The lowest BCUT2D eigenvalue weighted by molar-refractivity contribution is -0.115. The zero-order valence-electron chi connectivity index (χ0n) is 16.3. The fourth-order valence-electron chi connectivity index (χ4n) is 3.60. The summed E-state index contributed by atoms with van der Waals surface area (Å²) < 4.78 is 0. The third kappa shape index (κ3) is 3.89. The number of aromatic amines is 1. The summed E-state index contributed by atoms with van der Waals surface area (Å²) in [6.07, 6.45) is 3.76. The minimum atomic E-state index is -0.107. The molecule has 1 fully saturated rings. The van der Waals surface area contributed by atoms with E-state index in [1.54, 1.807) is 6.20 Å². The van der Waals surface area contributed by atoms with Crippen LogP contribution in [0.1, 0.15) is 5.56 Å². The minimum absolute atomic E-state index is 0.107. The molecule has 0 bridgehead atoms. The first-order valence-electron chi connectivity index (χ1n) is 9.85. The summed E-state index contributed by atoms with van der Waals surface area (Å²) in [6, 6.07) is 9.91. The number of anilines is 2. The number of amides is 1. The van der Waals surface area contributed by atoms with Gasteiger partial charge in [-0.3, -0.25) is 4.79 Å². The number of aromatic nitrogens is 4. The van der Waals surface area contributed by atoms with Crippen molar-refractivity contribution >= 4 is 39.2 Å². The van der Waals surface area contributed by atoms with Crippen molar-refractivity contribution in [3.05, 3.63) is 53.7 Å². The smallest absolute Gasteiger partial charge is 0.230 e. The fourth-order valence-corrected chi connectivity index (χ4v) is 4.14. The lowest BCUT2D eigenvalue weighted by Crippen LogP contribution is -2.43. The number of carbonyl (C=O) groups is 1. The molecule has 1 saturated heterocycles. The Morgan fingerprint density at radius 1 is 1.17 bits per heavy atom. The summed E-state index contributed by atoms with van der Waals surface area (Å²) in [6.45, 7) is 3.88. The van der Waals surface area contributed by atoms with Gasteiger partial charge >= 0.3 is 0 Å². The van der Waals surface area contributed by atoms with Crippen molar-refractivity contribution in [1.29, 1.82) is 0 Å². The number of hydrogen-bond donors (Lipinski definition) is 3. The Labute approximate surface area is 177 Å².